The summed E-state index contributed by atoms with van der Waals surface area (Å²) in [5.41, 5.74) is 2.37. The quantitative estimate of drug-likeness (QED) is 0.566. The number of ether oxygens (including phenoxy) is 2. The fourth-order valence-corrected chi connectivity index (χ4v) is 4.53. The number of carbonyl (C=O) groups is 1. The summed E-state index contributed by atoms with van der Waals surface area (Å²) in [4.78, 5) is 24.1. The second-order valence-corrected chi connectivity index (χ2v) is 8.21. The van der Waals surface area contributed by atoms with Gasteiger partial charge < -0.3 is 14.8 Å². The molecule has 1 aromatic carbocycles. The maximum atomic E-state index is 13.0. The van der Waals surface area contributed by atoms with Crippen LogP contribution in [0.4, 0.5) is 0 Å². The maximum Gasteiger partial charge on any atom is 0.270 e. The van der Waals surface area contributed by atoms with Crippen LogP contribution >= 0.6 is 0 Å². The third kappa shape index (κ3) is 5.49. The molecule has 3 heterocycles. The Balaban J connectivity index is 1.54. The standard InChI is InChI=1S/C26H30N4O3/c1-32-23-13-7-9-20(25(23)33-2)18-30-16-8-10-19(17-30)24(21-11-3-5-14-27-21)29-26(31)22-12-4-6-15-28-22/h3-7,9,11-15,19,24H,8,10,16-18H2,1-2H3,(H,29,31). The van der Waals surface area contributed by atoms with E-state index in [1.165, 1.54) is 0 Å². The van der Waals surface area contributed by atoms with Gasteiger partial charge in [0.05, 0.1) is 26.0 Å². The van der Waals surface area contributed by atoms with Crippen LogP contribution in [0.1, 0.15) is 40.6 Å². The van der Waals surface area contributed by atoms with Crippen LogP contribution in [-0.2, 0) is 6.54 Å². The van der Waals surface area contributed by atoms with E-state index in [2.05, 4.69) is 26.3 Å². The highest BCUT2D eigenvalue weighted by molar-refractivity contribution is 5.92. The lowest BCUT2D eigenvalue weighted by atomic mass is 9.88. The molecule has 0 saturated carbocycles. The summed E-state index contributed by atoms with van der Waals surface area (Å²) in [5.74, 6) is 1.54. The van der Waals surface area contributed by atoms with Crippen molar-refractivity contribution in [1.82, 2.24) is 20.2 Å². The summed E-state index contributed by atoms with van der Waals surface area (Å²) in [6.45, 7) is 2.57. The van der Waals surface area contributed by atoms with E-state index in [0.717, 1.165) is 55.2 Å². The lowest BCUT2D eigenvalue weighted by Gasteiger charge is -2.37. The van der Waals surface area contributed by atoms with Crippen LogP contribution in [0.25, 0.3) is 0 Å². The van der Waals surface area contributed by atoms with E-state index >= 15 is 0 Å². The van der Waals surface area contributed by atoms with Crippen LogP contribution in [0, 0.1) is 5.92 Å². The van der Waals surface area contributed by atoms with E-state index in [4.69, 9.17) is 9.47 Å². The number of methoxy groups -OCH3 is 2. The Kier molecular flexibility index (Phi) is 7.52. The molecular formula is C26H30N4O3. The van der Waals surface area contributed by atoms with Gasteiger partial charge in [0.15, 0.2) is 11.5 Å². The molecule has 4 rings (SSSR count). The van der Waals surface area contributed by atoms with E-state index in [9.17, 15) is 4.79 Å². The summed E-state index contributed by atoms with van der Waals surface area (Å²) in [6, 6.07) is 17.0. The van der Waals surface area contributed by atoms with Gasteiger partial charge in [0, 0.05) is 31.0 Å². The predicted molar refractivity (Wildman–Crippen MR) is 126 cm³/mol. The first-order valence-corrected chi connectivity index (χ1v) is 11.2. The van der Waals surface area contributed by atoms with Gasteiger partial charge >= 0.3 is 0 Å². The Bertz CT molecular complexity index is 1050. The molecule has 1 aliphatic rings. The monoisotopic (exact) mass is 446 g/mol. The Morgan fingerprint density at radius 2 is 1.88 bits per heavy atom. The number of hydrogen-bond acceptors (Lipinski definition) is 6. The molecule has 1 fully saturated rings. The predicted octanol–water partition coefficient (Wildman–Crippen LogP) is 3.88. The fourth-order valence-electron chi connectivity index (χ4n) is 4.53. The molecule has 0 spiro atoms. The highest BCUT2D eigenvalue weighted by atomic mass is 16.5. The second-order valence-electron chi connectivity index (χ2n) is 8.21. The van der Waals surface area contributed by atoms with Crippen LogP contribution in [-0.4, -0.2) is 48.1 Å². The molecule has 0 aliphatic carbocycles. The van der Waals surface area contributed by atoms with Crippen molar-refractivity contribution in [2.45, 2.75) is 25.4 Å². The first-order valence-electron chi connectivity index (χ1n) is 11.2. The zero-order chi connectivity index (χ0) is 23.0. The summed E-state index contributed by atoms with van der Waals surface area (Å²) in [7, 11) is 3.32. The molecule has 172 valence electrons. The number of amides is 1. The topological polar surface area (TPSA) is 76.6 Å². The van der Waals surface area contributed by atoms with Crippen molar-refractivity contribution >= 4 is 5.91 Å². The summed E-state index contributed by atoms with van der Waals surface area (Å²) in [5, 5.41) is 3.21. The zero-order valence-corrected chi connectivity index (χ0v) is 19.1. The number of piperidine rings is 1. The highest BCUT2D eigenvalue weighted by Gasteiger charge is 2.31. The van der Waals surface area contributed by atoms with Crippen LogP contribution in [0.3, 0.4) is 0 Å². The zero-order valence-electron chi connectivity index (χ0n) is 19.1. The van der Waals surface area contributed by atoms with Crippen molar-refractivity contribution < 1.29 is 14.3 Å². The Hall–Kier alpha value is -3.45. The van der Waals surface area contributed by atoms with Crippen LogP contribution in [0.2, 0.25) is 0 Å². The molecule has 1 N–H and O–H groups in total. The average molecular weight is 447 g/mol. The Morgan fingerprint density at radius 3 is 2.58 bits per heavy atom. The minimum Gasteiger partial charge on any atom is -0.493 e. The number of benzene rings is 1. The van der Waals surface area contributed by atoms with Gasteiger partial charge in [0.2, 0.25) is 0 Å². The molecule has 33 heavy (non-hydrogen) atoms. The number of pyridine rings is 2. The smallest absolute Gasteiger partial charge is 0.270 e. The largest absolute Gasteiger partial charge is 0.493 e. The van der Waals surface area contributed by atoms with Gasteiger partial charge in [-0.05, 0) is 55.6 Å². The summed E-state index contributed by atoms with van der Waals surface area (Å²) in [6.07, 6.45) is 5.46. The van der Waals surface area contributed by atoms with Gasteiger partial charge in [0.1, 0.15) is 5.69 Å². The molecule has 0 radical (unpaired) electrons. The van der Waals surface area contributed by atoms with Gasteiger partial charge in [-0.25, -0.2) is 0 Å². The minimum atomic E-state index is -0.198. The number of hydrogen-bond donors (Lipinski definition) is 1. The van der Waals surface area contributed by atoms with Gasteiger partial charge in [-0.15, -0.1) is 0 Å². The lowest BCUT2D eigenvalue weighted by Crippen LogP contribution is -2.43. The van der Waals surface area contributed by atoms with Crippen LogP contribution in [0.15, 0.2) is 67.0 Å². The van der Waals surface area contributed by atoms with Crippen molar-refractivity contribution in [2.75, 3.05) is 27.3 Å². The summed E-state index contributed by atoms with van der Waals surface area (Å²) >= 11 is 0. The van der Waals surface area contributed by atoms with Crippen molar-refractivity contribution in [3.05, 3.63) is 83.9 Å². The van der Waals surface area contributed by atoms with Gasteiger partial charge in [-0.2, -0.15) is 0 Å². The lowest BCUT2D eigenvalue weighted by molar-refractivity contribution is 0.0869. The number of nitrogens with one attached hydrogen (secondary N) is 1. The SMILES string of the molecule is COc1cccc(CN2CCCC(C(NC(=O)c3ccccn3)c3ccccn3)C2)c1OC. The molecule has 1 amide bonds. The minimum absolute atomic E-state index is 0.183. The van der Waals surface area contributed by atoms with Gasteiger partial charge in [-0.3, -0.25) is 19.7 Å². The molecule has 2 atom stereocenters. The van der Waals surface area contributed by atoms with E-state index in [1.54, 1.807) is 38.7 Å². The van der Waals surface area contributed by atoms with Crippen molar-refractivity contribution in [3.63, 3.8) is 0 Å². The second kappa shape index (κ2) is 10.9. The molecule has 1 aliphatic heterocycles. The van der Waals surface area contributed by atoms with Crippen molar-refractivity contribution in [2.24, 2.45) is 5.92 Å². The molecule has 0 bridgehead atoms. The third-order valence-corrected chi connectivity index (χ3v) is 6.08. The molecule has 1 saturated heterocycles. The molecule has 7 nitrogen and oxygen atoms in total. The van der Waals surface area contributed by atoms with Crippen LogP contribution in [0.5, 0.6) is 11.5 Å². The molecule has 2 aromatic heterocycles. The van der Waals surface area contributed by atoms with E-state index in [0.29, 0.717) is 5.69 Å². The average Bonchev–Trinajstić information content (AvgIpc) is 2.88. The molecule has 7 heteroatoms. The van der Waals surface area contributed by atoms with Gasteiger partial charge in [-0.1, -0.05) is 24.3 Å². The number of rotatable bonds is 8. The highest BCUT2D eigenvalue weighted by Crippen LogP contribution is 2.34. The molecular weight excluding hydrogens is 416 g/mol. The molecule has 2 unspecified atom stereocenters. The van der Waals surface area contributed by atoms with E-state index in [1.807, 2.05) is 36.4 Å². The van der Waals surface area contributed by atoms with Gasteiger partial charge in [0.25, 0.3) is 5.91 Å². The van der Waals surface area contributed by atoms with Crippen LogP contribution < -0.4 is 14.8 Å². The molecule has 3 aromatic rings. The maximum absolute atomic E-state index is 13.0. The number of nitrogens with zero attached hydrogens (tertiary/aromatic N) is 3. The number of para-hydroxylation sites is 1. The normalized spacial score (nSPS) is 17.2. The Morgan fingerprint density at radius 1 is 1.06 bits per heavy atom. The first-order chi connectivity index (χ1) is 16.2. The van der Waals surface area contributed by atoms with Crippen molar-refractivity contribution in [3.8, 4) is 11.5 Å². The number of carbonyl (C=O) groups excluding carboxylic acids is 1. The third-order valence-electron chi connectivity index (χ3n) is 6.08. The number of aromatic nitrogens is 2. The van der Waals surface area contributed by atoms with Crippen molar-refractivity contribution in [1.29, 1.82) is 0 Å². The summed E-state index contributed by atoms with van der Waals surface area (Å²) < 4.78 is 11.1. The van der Waals surface area contributed by atoms with E-state index < -0.39 is 0 Å². The Labute approximate surface area is 194 Å². The first kappa shape index (κ1) is 22.7. The number of likely N-dealkylation sites (tertiary alicyclic amines) is 1. The van der Waals surface area contributed by atoms with E-state index in [-0.39, 0.29) is 17.9 Å². The fraction of sp³-hybridized carbons (Fsp3) is 0.346.